The van der Waals surface area contributed by atoms with Gasteiger partial charge in [-0.1, -0.05) is 0 Å². The van der Waals surface area contributed by atoms with Crippen LogP contribution < -0.4 is 4.74 Å². The zero-order valence-corrected chi connectivity index (χ0v) is 11.6. The van der Waals surface area contributed by atoms with Gasteiger partial charge in [-0.15, -0.1) is 0 Å². The second kappa shape index (κ2) is 5.88. The summed E-state index contributed by atoms with van der Waals surface area (Å²) in [5, 5.41) is 9.97. The average molecular weight is 267 g/mol. The molecule has 0 amide bonds. The molecule has 1 aliphatic heterocycles. The van der Waals surface area contributed by atoms with Crippen molar-refractivity contribution in [3.05, 3.63) is 30.1 Å². The van der Waals surface area contributed by atoms with Crippen LogP contribution in [0.15, 0.2) is 24.3 Å². The van der Waals surface area contributed by atoms with Crippen molar-refractivity contribution in [2.45, 2.75) is 25.9 Å². The van der Waals surface area contributed by atoms with Gasteiger partial charge in [0.05, 0.1) is 5.60 Å². The van der Waals surface area contributed by atoms with E-state index in [-0.39, 0.29) is 5.82 Å². The van der Waals surface area contributed by atoms with Gasteiger partial charge in [0, 0.05) is 19.0 Å². The lowest BCUT2D eigenvalue weighted by molar-refractivity contribution is 0.0206. The van der Waals surface area contributed by atoms with E-state index in [2.05, 4.69) is 4.90 Å². The minimum Gasteiger partial charge on any atom is -0.492 e. The van der Waals surface area contributed by atoms with E-state index >= 15 is 0 Å². The first kappa shape index (κ1) is 14.3. The number of halogens is 1. The summed E-state index contributed by atoms with van der Waals surface area (Å²) in [6, 6.07) is 6.07. The molecule has 0 bridgehead atoms. The Balaban J connectivity index is 1.71. The van der Waals surface area contributed by atoms with Gasteiger partial charge >= 0.3 is 0 Å². The highest BCUT2D eigenvalue weighted by molar-refractivity contribution is 5.21. The summed E-state index contributed by atoms with van der Waals surface area (Å²) in [4.78, 5) is 2.30. The molecule has 1 N–H and O–H groups in total. The van der Waals surface area contributed by atoms with Crippen molar-refractivity contribution in [3.63, 3.8) is 0 Å². The number of benzene rings is 1. The molecule has 1 aromatic carbocycles. The second-order valence-corrected chi connectivity index (χ2v) is 5.74. The Labute approximate surface area is 114 Å². The predicted molar refractivity (Wildman–Crippen MR) is 72.7 cm³/mol. The third-order valence-corrected chi connectivity index (χ3v) is 3.76. The molecule has 1 unspecified atom stereocenters. The van der Waals surface area contributed by atoms with Gasteiger partial charge in [-0.25, -0.2) is 4.39 Å². The maximum Gasteiger partial charge on any atom is 0.123 e. The minimum atomic E-state index is -0.605. The quantitative estimate of drug-likeness (QED) is 0.888. The molecule has 1 saturated heterocycles. The van der Waals surface area contributed by atoms with Gasteiger partial charge < -0.3 is 9.84 Å². The smallest absolute Gasteiger partial charge is 0.123 e. The Morgan fingerprint density at radius 1 is 1.37 bits per heavy atom. The number of likely N-dealkylation sites (tertiary alicyclic amines) is 1. The molecule has 1 aromatic rings. The highest BCUT2D eigenvalue weighted by Gasteiger charge is 2.33. The summed E-state index contributed by atoms with van der Waals surface area (Å²) < 4.78 is 18.3. The summed E-state index contributed by atoms with van der Waals surface area (Å²) in [7, 11) is 0. The Morgan fingerprint density at radius 2 is 2.05 bits per heavy atom. The molecule has 4 heteroatoms. The van der Waals surface area contributed by atoms with Crippen molar-refractivity contribution in [2.75, 3.05) is 26.2 Å². The molecule has 0 saturated carbocycles. The second-order valence-electron chi connectivity index (χ2n) is 5.74. The number of aliphatic hydroxyl groups is 1. The third kappa shape index (κ3) is 4.18. The molecule has 1 atom stereocenters. The zero-order valence-electron chi connectivity index (χ0n) is 11.6. The largest absolute Gasteiger partial charge is 0.492 e. The number of ether oxygens (including phenoxy) is 1. The SMILES string of the molecule is CC(C)(O)C1CCN(CCOc2ccc(F)cc2)C1. The van der Waals surface area contributed by atoms with Crippen LogP contribution in [0.5, 0.6) is 5.75 Å². The summed E-state index contributed by atoms with van der Waals surface area (Å²) in [5.74, 6) is 0.776. The molecule has 106 valence electrons. The molecular weight excluding hydrogens is 245 g/mol. The first-order chi connectivity index (χ1) is 8.95. The maximum atomic E-state index is 12.7. The Kier molecular flexibility index (Phi) is 4.42. The van der Waals surface area contributed by atoms with Crippen molar-refractivity contribution < 1.29 is 14.2 Å². The van der Waals surface area contributed by atoms with E-state index in [0.717, 1.165) is 26.1 Å². The molecule has 19 heavy (non-hydrogen) atoms. The monoisotopic (exact) mass is 267 g/mol. The third-order valence-electron chi connectivity index (χ3n) is 3.76. The fourth-order valence-electron chi connectivity index (χ4n) is 2.44. The van der Waals surface area contributed by atoms with Crippen molar-refractivity contribution >= 4 is 0 Å². The number of nitrogens with zero attached hydrogens (tertiary/aromatic N) is 1. The van der Waals surface area contributed by atoms with Crippen molar-refractivity contribution in [2.24, 2.45) is 5.92 Å². The van der Waals surface area contributed by atoms with Gasteiger partial charge in [-0.05, 0) is 51.1 Å². The fraction of sp³-hybridized carbons (Fsp3) is 0.600. The van der Waals surface area contributed by atoms with E-state index in [1.165, 1.54) is 12.1 Å². The topological polar surface area (TPSA) is 32.7 Å². The van der Waals surface area contributed by atoms with Crippen LogP contribution in [-0.4, -0.2) is 41.8 Å². The van der Waals surface area contributed by atoms with Crippen LogP contribution in [0.2, 0.25) is 0 Å². The van der Waals surface area contributed by atoms with Crippen LogP contribution in [0.1, 0.15) is 20.3 Å². The van der Waals surface area contributed by atoms with Gasteiger partial charge in [-0.2, -0.15) is 0 Å². The zero-order chi connectivity index (χ0) is 13.9. The van der Waals surface area contributed by atoms with Crippen molar-refractivity contribution in [1.82, 2.24) is 4.90 Å². The van der Waals surface area contributed by atoms with Crippen LogP contribution in [0, 0.1) is 11.7 Å². The normalized spacial score (nSPS) is 20.7. The standard InChI is InChI=1S/C15H22FNO2/c1-15(2,18)12-7-8-17(11-12)9-10-19-14-5-3-13(16)4-6-14/h3-6,12,18H,7-11H2,1-2H3. The first-order valence-corrected chi connectivity index (χ1v) is 6.78. The van der Waals surface area contributed by atoms with Crippen molar-refractivity contribution in [1.29, 1.82) is 0 Å². The Morgan fingerprint density at radius 3 is 2.63 bits per heavy atom. The highest BCUT2D eigenvalue weighted by Crippen LogP contribution is 2.26. The Bertz CT molecular complexity index is 400. The average Bonchev–Trinajstić information content (AvgIpc) is 2.80. The molecule has 1 heterocycles. The molecule has 0 aromatic heterocycles. The van der Waals surface area contributed by atoms with E-state index in [1.807, 2.05) is 13.8 Å². The lowest BCUT2D eigenvalue weighted by atomic mass is 9.90. The molecule has 3 nitrogen and oxygen atoms in total. The molecule has 1 aliphatic rings. The van der Waals surface area contributed by atoms with E-state index in [0.29, 0.717) is 18.3 Å². The lowest BCUT2D eigenvalue weighted by Crippen LogP contribution is -2.34. The maximum absolute atomic E-state index is 12.7. The summed E-state index contributed by atoms with van der Waals surface area (Å²) in [6.45, 7) is 7.08. The Hall–Kier alpha value is -1.13. The summed E-state index contributed by atoms with van der Waals surface area (Å²) in [5.41, 5.74) is -0.605. The van der Waals surface area contributed by atoms with E-state index in [4.69, 9.17) is 4.74 Å². The van der Waals surface area contributed by atoms with Gasteiger partial charge in [0.2, 0.25) is 0 Å². The van der Waals surface area contributed by atoms with Crippen molar-refractivity contribution in [3.8, 4) is 5.75 Å². The minimum absolute atomic E-state index is 0.250. The van der Waals surface area contributed by atoms with Gasteiger partial charge in [0.15, 0.2) is 0 Å². The molecular formula is C15H22FNO2. The lowest BCUT2D eigenvalue weighted by Gasteiger charge is -2.25. The molecule has 0 radical (unpaired) electrons. The van der Waals surface area contributed by atoms with Crippen LogP contribution in [-0.2, 0) is 0 Å². The predicted octanol–water partition coefficient (Wildman–Crippen LogP) is 2.30. The van der Waals surface area contributed by atoms with Gasteiger partial charge in [0.25, 0.3) is 0 Å². The van der Waals surface area contributed by atoms with Gasteiger partial charge in [-0.3, -0.25) is 4.90 Å². The number of rotatable bonds is 5. The molecule has 0 spiro atoms. The molecule has 0 aliphatic carbocycles. The number of hydrogen-bond acceptors (Lipinski definition) is 3. The van der Waals surface area contributed by atoms with Crippen LogP contribution >= 0.6 is 0 Å². The highest BCUT2D eigenvalue weighted by atomic mass is 19.1. The van der Waals surface area contributed by atoms with Crippen LogP contribution in [0.3, 0.4) is 0 Å². The van der Waals surface area contributed by atoms with Crippen LogP contribution in [0.4, 0.5) is 4.39 Å². The van der Waals surface area contributed by atoms with Crippen LogP contribution in [0.25, 0.3) is 0 Å². The summed E-state index contributed by atoms with van der Waals surface area (Å²) >= 11 is 0. The molecule has 1 fully saturated rings. The van der Waals surface area contributed by atoms with E-state index in [9.17, 15) is 9.50 Å². The number of hydrogen-bond donors (Lipinski definition) is 1. The first-order valence-electron chi connectivity index (χ1n) is 6.78. The van der Waals surface area contributed by atoms with Gasteiger partial charge in [0.1, 0.15) is 18.2 Å². The molecule has 2 rings (SSSR count). The summed E-state index contributed by atoms with van der Waals surface area (Å²) in [6.07, 6.45) is 1.03. The fourth-order valence-corrected chi connectivity index (χ4v) is 2.44. The van der Waals surface area contributed by atoms with E-state index in [1.54, 1.807) is 12.1 Å². The van der Waals surface area contributed by atoms with E-state index < -0.39 is 5.60 Å².